The van der Waals surface area contributed by atoms with Crippen LogP contribution in [0.15, 0.2) is 35.8 Å². The van der Waals surface area contributed by atoms with Crippen molar-refractivity contribution in [2.75, 3.05) is 5.73 Å². The van der Waals surface area contributed by atoms with Crippen LogP contribution in [-0.2, 0) is 5.41 Å². The van der Waals surface area contributed by atoms with Gasteiger partial charge in [0.15, 0.2) is 4.96 Å². The Morgan fingerprint density at radius 2 is 2.04 bits per heavy atom. The number of nitrogens with zero attached hydrogens (tertiary/aromatic N) is 2. The molecule has 26 heavy (non-hydrogen) atoms. The SMILES string of the molecule is Nc1ccccc1-c1csc2nc(C34CCCC5CC(CC5C3)C4)cn12. The first-order chi connectivity index (χ1) is 12.7. The standard InChI is InChI=1S/C22H25N3S/c23-18-6-2-1-5-17(18)19-13-26-21-24-20(12-25(19)21)22-7-3-4-15-8-14(10-22)9-16(15)11-22/h1-2,5-6,12-16H,3-4,7-11,23H2. The van der Waals surface area contributed by atoms with Gasteiger partial charge >= 0.3 is 0 Å². The summed E-state index contributed by atoms with van der Waals surface area (Å²) in [5.74, 6) is 2.91. The van der Waals surface area contributed by atoms with Crippen molar-refractivity contribution in [1.29, 1.82) is 0 Å². The van der Waals surface area contributed by atoms with Crippen molar-refractivity contribution in [3.05, 3.63) is 41.5 Å². The highest BCUT2D eigenvalue weighted by Crippen LogP contribution is 2.59. The van der Waals surface area contributed by atoms with Crippen LogP contribution in [0.25, 0.3) is 16.2 Å². The zero-order valence-electron chi connectivity index (χ0n) is 15.0. The molecule has 4 unspecified atom stereocenters. The smallest absolute Gasteiger partial charge is 0.194 e. The minimum Gasteiger partial charge on any atom is -0.398 e. The number of hydrogen-bond donors (Lipinski definition) is 1. The molecule has 2 aromatic heterocycles. The van der Waals surface area contributed by atoms with Gasteiger partial charge in [0.2, 0.25) is 0 Å². The maximum atomic E-state index is 6.25. The molecule has 134 valence electrons. The molecule has 4 atom stereocenters. The number of benzene rings is 1. The Labute approximate surface area is 158 Å². The number of fused-ring (bicyclic) bond motifs is 3. The molecule has 6 rings (SSSR count). The fraction of sp³-hybridized carbons (Fsp3) is 0.500. The van der Waals surface area contributed by atoms with Crippen LogP contribution in [0.5, 0.6) is 0 Å². The Morgan fingerprint density at radius 1 is 1.15 bits per heavy atom. The Balaban J connectivity index is 1.47. The summed E-state index contributed by atoms with van der Waals surface area (Å²) in [5, 5.41) is 2.20. The van der Waals surface area contributed by atoms with Crippen molar-refractivity contribution in [1.82, 2.24) is 9.38 Å². The second kappa shape index (κ2) is 5.35. The van der Waals surface area contributed by atoms with Gasteiger partial charge in [-0.15, -0.1) is 11.3 Å². The number of rotatable bonds is 2. The topological polar surface area (TPSA) is 43.3 Å². The molecule has 3 fully saturated rings. The van der Waals surface area contributed by atoms with Gasteiger partial charge in [-0.2, -0.15) is 0 Å². The molecule has 3 nitrogen and oxygen atoms in total. The third kappa shape index (κ3) is 2.08. The van der Waals surface area contributed by atoms with E-state index < -0.39 is 0 Å². The van der Waals surface area contributed by atoms with Gasteiger partial charge in [-0.05, 0) is 55.9 Å². The maximum Gasteiger partial charge on any atom is 0.194 e. The van der Waals surface area contributed by atoms with E-state index in [9.17, 15) is 0 Å². The van der Waals surface area contributed by atoms with Crippen LogP contribution >= 0.6 is 11.3 Å². The predicted octanol–water partition coefficient (Wildman–Crippen LogP) is 5.50. The Bertz CT molecular complexity index is 986. The molecule has 2 heterocycles. The molecule has 0 radical (unpaired) electrons. The minimum absolute atomic E-state index is 0.337. The van der Waals surface area contributed by atoms with Crippen LogP contribution in [0.4, 0.5) is 5.69 Å². The summed E-state index contributed by atoms with van der Waals surface area (Å²) < 4.78 is 2.29. The number of aromatic nitrogens is 2. The van der Waals surface area contributed by atoms with Gasteiger partial charge in [0.05, 0.1) is 11.4 Å². The zero-order valence-corrected chi connectivity index (χ0v) is 15.8. The number of imidazole rings is 1. The summed E-state index contributed by atoms with van der Waals surface area (Å²) in [5.41, 5.74) is 11.1. The lowest BCUT2D eigenvalue weighted by Gasteiger charge is -2.39. The number of nitrogen functional groups attached to an aromatic ring is 1. The van der Waals surface area contributed by atoms with Gasteiger partial charge in [-0.25, -0.2) is 4.98 Å². The van der Waals surface area contributed by atoms with Crippen LogP contribution in [0, 0.1) is 17.8 Å². The van der Waals surface area contributed by atoms with Gasteiger partial charge in [-0.3, -0.25) is 4.40 Å². The highest BCUT2D eigenvalue weighted by atomic mass is 32.1. The molecule has 3 saturated carbocycles. The Kier molecular flexibility index (Phi) is 3.14. The lowest BCUT2D eigenvalue weighted by Crippen LogP contribution is -2.33. The number of nitrogens with two attached hydrogens (primary N) is 1. The summed E-state index contributed by atoms with van der Waals surface area (Å²) in [6.07, 6.45) is 12.2. The third-order valence-electron chi connectivity index (χ3n) is 7.49. The van der Waals surface area contributed by atoms with Crippen LogP contribution < -0.4 is 5.73 Å². The number of anilines is 1. The van der Waals surface area contributed by atoms with Gasteiger partial charge in [-0.1, -0.05) is 31.0 Å². The third-order valence-corrected chi connectivity index (χ3v) is 8.33. The predicted molar refractivity (Wildman–Crippen MR) is 107 cm³/mol. The molecule has 1 aromatic carbocycles. The molecule has 3 aliphatic rings. The van der Waals surface area contributed by atoms with Crippen molar-refractivity contribution >= 4 is 22.0 Å². The summed E-state index contributed by atoms with van der Waals surface area (Å²) in [4.78, 5) is 6.28. The van der Waals surface area contributed by atoms with Crippen molar-refractivity contribution < 1.29 is 0 Å². The van der Waals surface area contributed by atoms with Crippen molar-refractivity contribution in [2.24, 2.45) is 17.8 Å². The maximum absolute atomic E-state index is 6.25. The monoisotopic (exact) mass is 363 g/mol. The van der Waals surface area contributed by atoms with E-state index in [1.54, 1.807) is 11.3 Å². The first kappa shape index (κ1) is 15.3. The quantitative estimate of drug-likeness (QED) is 0.611. The first-order valence-electron chi connectivity index (χ1n) is 10.0. The summed E-state index contributed by atoms with van der Waals surface area (Å²) in [6.45, 7) is 0. The first-order valence-corrected chi connectivity index (χ1v) is 10.9. The molecule has 3 aliphatic carbocycles. The molecule has 3 aromatic rings. The summed E-state index contributed by atoms with van der Waals surface area (Å²) in [6, 6.07) is 8.17. The largest absolute Gasteiger partial charge is 0.398 e. The normalized spacial score (nSPS) is 33.0. The molecule has 4 heteroatoms. The van der Waals surface area contributed by atoms with Crippen molar-refractivity contribution in [3.8, 4) is 11.3 Å². The number of para-hydroxylation sites is 1. The second-order valence-corrected chi connectivity index (χ2v) is 9.76. The lowest BCUT2D eigenvalue weighted by atomic mass is 9.66. The van der Waals surface area contributed by atoms with E-state index in [2.05, 4.69) is 28.1 Å². The average Bonchev–Trinajstić information content (AvgIpc) is 3.26. The van der Waals surface area contributed by atoms with Crippen molar-refractivity contribution in [3.63, 3.8) is 0 Å². The van der Waals surface area contributed by atoms with Crippen LogP contribution in [0.1, 0.15) is 50.6 Å². The molecular formula is C22H25N3S. The molecule has 3 bridgehead atoms. The highest BCUT2D eigenvalue weighted by Gasteiger charge is 2.51. The fourth-order valence-electron chi connectivity index (χ4n) is 6.45. The van der Waals surface area contributed by atoms with E-state index in [1.165, 1.54) is 56.3 Å². The average molecular weight is 364 g/mol. The highest BCUT2D eigenvalue weighted by molar-refractivity contribution is 7.15. The van der Waals surface area contributed by atoms with Gasteiger partial charge < -0.3 is 5.73 Å². The number of hydrogen-bond acceptors (Lipinski definition) is 3. The van der Waals surface area contributed by atoms with Crippen LogP contribution in [0.2, 0.25) is 0 Å². The summed E-state index contributed by atoms with van der Waals surface area (Å²) >= 11 is 1.74. The summed E-state index contributed by atoms with van der Waals surface area (Å²) in [7, 11) is 0. The zero-order chi connectivity index (χ0) is 17.3. The van der Waals surface area contributed by atoms with Crippen molar-refractivity contribution in [2.45, 2.75) is 50.4 Å². The molecule has 0 saturated heterocycles. The molecule has 0 aliphatic heterocycles. The van der Waals surface area contributed by atoms with E-state index in [-0.39, 0.29) is 0 Å². The molecule has 2 N–H and O–H groups in total. The lowest BCUT2D eigenvalue weighted by molar-refractivity contribution is 0.202. The van der Waals surface area contributed by atoms with Gasteiger partial charge in [0, 0.05) is 28.2 Å². The van der Waals surface area contributed by atoms with E-state index in [0.29, 0.717) is 5.41 Å². The molecule has 0 spiro atoms. The van der Waals surface area contributed by atoms with E-state index in [0.717, 1.165) is 34.0 Å². The molecular weight excluding hydrogens is 338 g/mol. The van der Waals surface area contributed by atoms with E-state index >= 15 is 0 Å². The van der Waals surface area contributed by atoms with Crippen LogP contribution in [0.3, 0.4) is 0 Å². The molecule has 0 amide bonds. The van der Waals surface area contributed by atoms with E-state index in [4.69, 9.17) is 10.7 Å². The van der Waals surface area contributed by atoms with Gasteiger partial charge in [0.1, 0.15) is 0 Å². The number of thiazole rings is 1. The van der Waals surface area contributed by atoms with Gasteiger partial charge in [0.25, 0.3) is 0 Å². The van der Waals surface area contributed by atoms with E-state index in [1.807, 2.05) is 12.1 Å². The van der Waals surface area contributed by atoms with Crippen LogP contribution in [-0.4, -0.2) is 9.38 Å². The minimum atomic E-state index is 0.337. The fourth-order valence-corrected chi connectivity index (χ4v) is 7.33. The Hall–Kier alpha value is -1.81. The second-order valence-electron chi connectivity index (χ2n) is 8.93. The Morgan fingerprint density at radius 3 is 2.96 bits per heavy atom.